The number of aryl methyl sites for hydroxylation is 1. The third kappa shape index (κ3) is 2.99. The Kier molecular flexibility index (Phi) is 3.95. The highest BCUT2D eigenvalue weighted by molar-refractivity contribution is 6.01. The summed E-state index contributed by atoms with van der Waals surface area (Å²) in [5.74, 6) is 1.23. The van der Waals surface area contributed by atoms with Crippen LogP contribution in [0, 0.1) is 5.92 Å². The van der Waals surface area contributed by atoms with Crippen molar-refractivity contribution >= 4 is 22.5 Å². The van der Waals surface area contributed by atoms with E-state index < -0.39 is 0 Å². The van der Waals surface area contributed by atoms with Gasteiger partial charge >= 0.3 is 0 Å². The Morgan fingerprint density at radius 2 is 2.32 bits per heavy atom. The van der Waals surface area contributed by atoms with E-state index in [1.165, 1.54) is 18.2 Å². The van der Waals surface area contributed by atoms with E-state index in [2.05, 4.69) is 27.0 Å². The number of carbonyl (C=O) groups excluding carboxylic acids is 1. The summed E-state index contributed by atoms with van der Waals surface area (Å²) < 4.78 is 8.13. The van der Waals surface area contributed by atoms with Gasteiger partial charge in [-0.2, -0.15) is 5.10 Å². The van der Waals surface area contributed by atoms with Crippen LogP contribution in [0.15, 0.2) is 30.6 Å². The molecule has 1 amide bonds. The second kappa shape index (κ2) is 6.27. The van der Waals surface area contributed by atoms with Crippen molar-refractivity contribution in [3.63, 3.8) is 0 Å². The maximum Gasteiger partial charge on any atom is 0.221 e. The molecule has 1 aromatic carbocycles. The van der Waals surface area contributed by atoms with Gasteiger partial charge in [-0.25, -0.2) is 0 Å². The summed E-state index contributed by atoms with van der Waals surface area (Å²) in [6.45, 7) is 5.23. The lowest BCUT2D eigenvalue weighted by Gasteiger charge is -2.12. The minimum atomic E-state index is -0.0825. The number of anilines is 1. The van der Waals surface area contributed by atoms with Crippen molar-refractivity contribution in [1.82, 2.24) is 14.8 Å². The van der Waals surface area contributed by atoms with Crippen LogP contribution in [0.3, 0.4) is 0 Å². The van der Waals surface area contributed by atoms with Crippen molar-refractivity contribution in [2.45, 2.75) is 33.2 Å². The van der Waals surface area contributed by atoms with E-state index in [0.29, 0.717) is 12.5 Å². The average molecular weight is 338 g/mol. The summed E-state index contributed by atoms with van der Waals surface area (Å²) in [5, 5.41) is 8.21. The minimum absolute atomic E-state index is 0.0825. The second-order valence-corrected chi connectivity index (χ2v) is 6.61. The Balaban J connectivity index is 1.45. The van der Waals surface area contributed by atoms with Gasteiger partial charge in [0.2, 0.25) is 5.91 Å². The van der Waals surface area contributed by atoms with Crippen molar-refractivity contribution in [2.24, 2.45) is 5.92 Å². The largest absolute Gasteiger partial charge is 0.493 e. The molecule has 25 heavy (non-hydrogen) atoms. The van der Waals surface area contributed by atoms with Gasteiger partial charge < -0.3 is 15.0 Å². The van der Waals surface area contributed by atoms with Crippen LogP contribution in [0.2, 0.25) is 0 Å². The monoisotopic (exact) mass is 338 g/mol. The molecule has 0 fully saturated rings. The van der Waals surface area contributed by atoms with Crippen molar-refractivity contribution in [3.8, 4) is 5.75 Å². The van der Waals surface area contributed by atoms with Crippen molar-refractivity contribution in [1.29, 1.82) is 0 Å². The summed E-state index contributed by atoms with van der Waals surface area (Å²) in [6, 6.07) is 5.92. The van der Waals surface area contributed by atoms with Gasteiger partial charge in [0.1, 0.15) is 5.75 Å². The highest BCUT2D eigenvalue weighted by atomic mass is 16.5. The number of ether oxygens (including phenoxy) is 1. The zero-order chi connectivity index (χ0) is 17.4. The molecule has 4 rings (SSSR count). The zero-order valence-electron chi connectivity index (χ0n) is 14.5. The molecule has 1 unspecified atom stereocenters. The standard InChI is InChI=1S/C19H22N4O2/c1-3-23-19-7-13(6-14(19)9-21-23)11-25-15-4-5-17-16(8-15)18(10-20-17)22-12(2)24/h4-5,8-10,13,20H,3,6-7,11H2,1-2H3,(H,22,24). The maximum absolute atomic E-state index is 11.3. The predicted molar refractivity (Wildman–Crippen MR) is 96.9 cm³/mol. The van der Waals surface area contributed by atoms with Gasteiger partial charge in [0, 0.05) is 42.2 Å². The molecule has 1 aliphatic carbocycles. The number of aromatic nitrogens is 3. The lowest BCUT2D eigenvalue weighted by Crippen LogP contribution is -2.14. The summed E-state index contributed by atoms with van der Waals surface area (Å²) in [5.41, 5.74) is 4.46. The van der Waals surface area contributed by atoms with E-state index in [9.17, 15) is 4.79 Å². The van der Waals surface area contributed by atoms with Gasteiger partial charge in [0.15, 0.2) is 0 Å². The van der Waals surface area contributed by atoms with E-state index in [0.717, 1.165) is 41.7 Å². The van der Waals surface area contributed by atoms with Crippen LogP contribution in [-0.2, 0) is 24.2 Å². The number of carbonyl (C=O) groups is 1. The molecule has 0 spiro atoms. The Bertz CT molecular complexity index is 925. The molecule has 2 N–H and O–H groups in total. The fourth-order valence-electron chi connectivity index (χ4n) is 3.60. The summed E-state index contributed by atoms with van der Waals surface area (Å²) in [7, 11) is 0. The summed E-state index contributed by atoms with van der Waals surface area (Å²) in [4.78, 5) is 14.5. The van der Waals surface area contributed by atoms with Crippen LogP contribution < -0.4 is 10.1 Å². The van der Waals surface area contributed by atoms with Gasteiger partial charge in [-0.15, -0.1) is 0 Å². The molecule has 1 aliphatic rings. The molecular formula is C19H22N4O2. The number of rotatable bonds is 5. The van der Waals surface area contributed by atoms with Crippen molar-refractivity contribution in [3.05, 3.63) is 41.9 Å². The van der Waals surface area contributed by atoms with Gasteiger partial charge in [-0.05, 0) is 43.5 Å². The topological polar surface area (TPSA) is 71.9 Å². The molecule has 0 saturated heterocycles. The summed E-state index contributed by atoms with van der Waals surface area (Å²) >= 11 is 0. The van der Waals surface area contributed by atoms with Crippen LogP contribution in [0.1, 0.15) is 25.1 Å². The second-order valence-electron chi connectivity index (χ2n) is 6.61. The average Bonchev–Trinajstić information content (AvgIpc) is 3.26. The van der Waals surface area contributed by atoms with Gasteiger partial charge in [-0.3, -0.25) is 9.48 Å². The number of amides is 1. The van der Waals surface area contributed by atoms with E-state index in [1.807, 2.05) is 24.4 Å². The van der Waals surface area contributed by atoms with Crippen LogP contribution in [0.25, 0.3) is 10.9 Å². The Morgan fingerprint density at radius 3 is 3.12 bits per heavy atom. The molecule has 2 heterocycles. The quantitative estimate of drug-likeness (QED) is 0.751. The summed E-state index contributed by atoms with van der Waals surface area (Å²) in [6.07, 6.45) is 5.84. The molecule has 0 aliphatic heterocycles. The van der Waals surface area contributed by atoms with E-state index in [4.69, 9.17) is 4.74 Å². The Hall–Kier alpha value is -2.76. The molecule has 0 saturated carbocycles. The van der Waals surface area contributed by atoms with Gasteiger partial charge in [0.05, 0.1) is 18.5 Å². The highest BCUT2D eigenvalue weighted by Crippen LogP contribution is 2.30. The number of aromatic amines is 1. The molecule has 2 aromatic heterocycles. The number of benzene rings is 1. The normalized spacial score (nSPS) is 16.2. The van der Waals surface area contributed by atoms with Crippen LogP contribution in [-0.4, -0.2) is 27.3 Å². The Labute approximate surface area is 146 Å². The molecule has 0 bridgehead atoms. The zero-order valence-corrected chi connectivity index (χ0v) is 14.5. The van der Waals surface area contributed by atoms with Crippen LogP contribution in [0.4, 0.5) is 5.69 Å². The van der Waals surface area contributed by atoms with E-state index in [-0.39, 0.29) is 5.91 Å². The third-order valence-electron chi connectivity index (χ3n) is 4.77. The molecule has 6 heteroatoms. The fourth-order valence-corrected chi connectivity index (χ4v) is 3.60. The van der Waals surface area contributed by atoms with Gasteiger partial charge in [0.25, 0.3) is 0 Å². The third-order valence-corrected chi connectivity index (χ3v) is 4.77. The molecule has 130 valence electrons. The number of fused-ring (bicyclic) bond motifs is 2. The molecule has 1 atom stereocenters. The predicted octanol–water partition coefficient (Wildman–Crippen LogP) is 3.14. The number of nitrogens with zero attached hydrogens (tertiary/aromatic N) is 2. The molecular weight excluding hydrogens is 316 g/mol. The first-order valence-electron chi connectivity index (χ1n) is 8.69. The first-order valence-corrected chi connectivity index (χ1v) is 8.69. The number of hydrogen-bond donors (Lipinski definition) is 2. The smallest absolute Gasteiger partial charge is 0.221 e. The lowest BCUT2D eigenvalue weighted by atomic mass is 10.1. The molecule has 0 radical (unpaired) electrons. The van der Waals surface area contributed by atoms with Gasteiger partial charge in [-0.1, -0.05) is 0 Å². The van der Waals surface area contributed by atoms with Crippen LogP contribution in [0.5, 0.6) is 5.75 Å². The fraction of sp³-hybridized carbons (Fsp3) is 0.368. The first-order chi connectivity index (χ1) is 12.1. The first kappa shape index (κ1) is 15.7. The maximum atomic E-state index is 11.3. The number of nitrogens with one attached hydrogen (secondary N) is 2. The lowest BCUT2D eigenvalue weighted by molar-refractivity contribution is -0.114. The number of H-pyrrole nitrogens is 1. The minimum Gasteiger partial charge on any atom is -0.493 e. The van der Waals surface area contributed by atoms with Crippen molar-refractivity contribution < 1.29 is 9.53 Å². The van der Waals surface area contributed by atoms with E-state index in [1.54, 1.807) is 6.20 Å². The number of hydrogen-bond acceptors (Lipinski definition) is 3. The van der Waals surface area contributed by atoms with E-state index >= 15 is 0 Å². The van der Waals surface area contributed by atoms with Crippen molar-refractivity contribution in [2.75, 3.05) is 11.9 Å². The SMILES string of the molecule is CCn1ncc2c1CC(COc1ccc3[nH]cc(NC(C)=O)c3c1)C2. The highest BCUT2D eigenvalue weighted by Gasteiger charge is 2.25. The molecule has 3 aromatic rings. The Morgan fingerprint density at radius 1 is 1.44 bits per heavy atom. The molecule has 6 nitrogen and oxygen atoms in total. The van der Waals surface area contributed by atoms with Crippen LogP contribution >= 0.6 is 0 Å².